The van der Waals surface area contributed by atoms with Gasteiger partial charge < -0.3 is 24.3 Å². The molecule has 0 bridgehead atoms. The molecule has 0 radical (unpaired) electrons. The first-order chi connectivity index (χ1) is 12.2. The van der Waals surface area contributed by atoms with Gasteiger partial charge in [0, 0.05) is 17.2 Å². The molecule has 1 N–H and O–H groups in total. The molecule has 0 fully saturated rings. The van der Waals surface area contributed by atoms with E-state index >= 15 is 0 Å². The summed E-state index contributed by atoms with van der Waals surface area (Å²) in [7, 11) is 6.79. The van der Waals surface area contributed by atoms with Gasteiger partial charge in [0.05, 0.1) is 28.4 Å². The number of ether oxygens (including phenoxy) is 4. The highest BCUT2D eigenvalue weighted by Crippen LogP contribution is 2.40. The second-order valence-electron chi connectivity index (χ2n) is 6.00. The van der Waals surface area contributed by atoms with Gasteiger partial charge in [-0.1, -0.05) is 0 Å². The molecule has 0 saturated carbocycles. The Morgan fingerprint density at radius 1 is 0.880 bits per heavy atom. The number of rotatable bonds is 6. The summed E-state index contributed by atoms with van der Waals surface area (Å²) in [4.78, 5) is 0. The molecule has 25 heavy (non-hydrogen) atoms. The number of fused-ring (bicyclic) bond motifs is 1. The van der Waals surface area contributed by atoms with Crippen molar-refractivity contribution in [3.8, 4) is 23.0 Å². The largest absolute Gasteiger partial charge is 0.497 e. The van der Waals surface area contributed by atoms with Crippen LogP contribution in [0.15, 0.2) is 30.3 Å². The summed E-state index contributed by atoms with van der Waals surface area (Å²) in [6.07, 6.45) is 1.69. The third kappa shape index (κ3) is 3.37. The molecule has 5 heteroatoms. The van der Waals surface area contributed by atoms with Crippen LogP contribution in [-0.2, 0) is 12.8 Å². The van der Waals surface area contributed by atoms with Gasteiger partial charge in [-0.05, 0) is 55.3 Å². The second kappa shape index (κ2) is 7.66. The molecule has 0 aliphatic carbocycles. The van der Waals surface area contributed by atoms with E-state index in [1.165, 1.54) is 5.56 Å². The van der Waals surface area contributed by atoms with E-state index in [-0.39, 0.29) is 6.04 Å². The SMILES string of the molecule is COc1ccc(OC)c(C[C@H]2NCCc3c(OC)ccc(OC)c32)c1. The molecule has 2 aromatic carbocycles. The molecular formula is C20H25NO4. The van der Waals surface area contributed by atoms with E-state index < -0.39 is 0 Å². The van der Waals surface area contributed by atoms with Crippen molar-refractivity contribution in [2.24, 2.45) is 0 Å². The van der Waals surface area contributed by atoms with E-state index in [9.17, 15) is 0 Å². The highest BCUT2D eigenvalue weighted by molar-refractivity contribution is 5.53. The van der Waals surface area contributed by atoms with E-state index in [1.807, 2.05) is 30.3 Å². The molecule has 0 saturated heterocycles. The van der Waals surface area contributed by atoms with Crippen LogP contribution in [0.5, 0.6) is 23.0 Å². The molecule has 134 valence electrons. The zero-order valence-corrected chi connectivity index (χ0v) is 15.2. The Morgan fingerprint density at radius 3 is 2.24 bits per heavy atom. The zero-order chi connectivity index (χ0) is 17.8. The predicted molar refractivity (Wildman–Crippen MR) is 97.2 cm³/mol. The molecule has 0 amide bonds. The van der Waals surface area contributed by atoms with Crippen LogP contribution in [0.25, 0.3) is 0 Å². The Morgan fingerprint density at radius 2 is 1.56 bits per heavy atom. The van der Waals surface area contributed by atoms with Crippen molar-refractivity contribution in [2.75, 3.05) is 35.0 Å². The van der Waals surface area contributed by atoms with Gasteiger partial charge >= 0.3 is 0 Å². The van der Waals surface area contributed by atoms with E-state index in [0.717, 1.165) is 53.5 Å². The molecule has 1 aliphatic heterocycles. The predicted octanol–water partition coefficient (Wildman–Crippen LogP) is 3.15. The summed E-state index contributed by atoms with van der Waals surface area (Å²) in [6.45, 7) is 0.896. The van der Waals surface area contributed by atoms with Crippen LogP contribution in [0.2, 0.25) is 0 Å². The van der Waals surface area contributed by atoms with Crippen molar-refractivity contribution in [1.29, 1.82) is 0 Å². The minimum absolute atomic E-state index is 0.120. The van der Waals surface area contributed by atoms with Crippen molar-refractivity contribution in [1.82, 2.24) is 5.32 Å². The minimum atomic E-state index is 0.120. The van der Waals surface area contributed by atoms with Crippen molar-refractivity contribution < 1.29 is 18.9 Å². The van der Waals surface area contributed by atoms with Crippen LogP contribution >= 0.6 is 0 Å². The topological polar surface area (TPSA) is 49.0 Å². The molecule has 1 aliphatic rings. The monoisotopic (exact) mass is 343 g/mol. The first-order valence-corrected chi connectivity index (χ1v) is 8.39. The Hall–Kier alpha value is -2.40. The maximum Gasteiger partial charge on any atom is 0.124 e. The average molecular weight is 343 g/mol. The maximum absolute atomic E-state index is 5.63. The van der Waals surface area contributed by atoms with Gasteiger partial charge in [-0.3, -0.25) is 0 Å². The van der Waals surface area contributed by atoms with Crippen LogP contribution in [0.4, 0.5) is 0 Å². The van der Waals surface area contributed by atoms with E-state index in [4.69, 9.17) is 18.9 Å². The van der Waals surface area contributed by atoms with E-state index in [0.29, 0.717) is 0 Å². The Balaban J connectivity index is 2.02. The lowest BCUT2D eigenvalue weighted by molar-refractivity contribution is 0.370. The number of hydrogen-bond donors (Lipinski definition) is 1. The summed E-state index contributed by atoms with van der Waals surface area (Å²) in [5, 5.41) is 3.61. The van der Waals surface area contributed by atoms with Crippen LogP contribution in [0.3, 0.4) is 0 Å². The first-order valence-electron chi connectivity index (χ1n) is 8.39. The fourth-order valence-electron chi connectivity index (χ4n) is 3.54. The lowest BCUT2D eigenvalue weighted by Crippen LogP contribution is -2.32. The summed E-state index contributed by atoms with van der Waals surface area (Å²) in [6, 6.07) is 9.96. The highest BCUT2D eigenvalue weighted by Gasteiger charge is 2.27. The molecule has 1 heterocycles. The van der Waals surface area contributed by atoms with Gasteiger partial charge in [0.1, 0.15) is 23.0 Å². The van der Waals surface area contributed by atoms with Gasteiger partial charge in [-0.15, -0.1) is 0 Å². The smallest absolute Gasteiger partial charge is 0.124 e. The van der Waals surface area contributed by atoms with Crippen LogP contribution in [0.1, 0.15) is 22.7 Å². The summed E-state index contributed by atoms with van der Waals surface area (Å²) >= 11 is 0. The quantitative estimate of drug-likeness (QED) is 0.873. The molecule has 0 aromatic heterocycles. The Bertz CT molecular complexity index is 745. The molecule has 0 spiro atoms. The Labute approximate surface area is 148 Å². The summed E-state index contributed by atoms with van der Waals surface area (Å²) < 4.78 is 22.1. The van der Waals surface area contributed by atoms with Gasteiger partial charge in [0.15, 0.2) is 0 Å². The average Bonchev–Trinajstić information content (AvgIpc) is 2.67. The molecule has 2 aromatic rings. The maximum atomic E-state index is 5.63. The number of methoxy groups -OCH3 is 4. The minimum Gasteiger partial charge on any atom is -0.497 e. The summed E-state index contributed by atoms with van der Waals surface area (Å²) in [5.41, 5.74) is 3.47. The molecule has 1 atom stereocenters. The van der Waals surface area contributed by atoms with Crippen molar-refractivity contribution in [3.63, 3.8) is 0 Å². The van der Waals surface area contributed by atoms with Crippen molar-refractivity contribution >= 4 is 0 Å². The molecular weight excluding hydrogens is 318 g/mol. The van der Waals surface area contributed by atoms with Gasteiger partial charge in [0.2, 0.25) is 0 Å². The number of benzene rings is 2. The third-order valence-corrected chi connectivity index (χ3v) is 4.74. The van der Waals surface area contributed by atoms with Gasteiger partial charge in [-0.25, -0.2) is 0 Å². The normalized spacial score (nSPS) is 16.1. The molecule has 0 unspecified atom stereocenters. The third-order valence-electron chi connectivity index (χ3n) is 4.74. The Kier molecular flexibility index (Phi) is 5.34. The van der Waals surface area contributed by atoms with Gasteiger partial charge in [0.25, 0.3) is 0 Å². The van der Waals surface area contributed by atoms with Crippen LogP contribution < -0.4 is 24.3 Å². The highest BCUT2D eigenvalue weighted by atomic mass is 16.5. The lowest BCUT2D eigenvalue weighted by atomic mass is 9.88. The van der Waals surface area contributed by atoms with Gasteiger partial charge in [-0.2, -0.15) is 0 Å². The fourth-order valence-corrected chi connectivity index (χ4v) is 3.54. The molecule has 5 nitrogen and oxygen atoms in total. The van der Waals surface area contributed by atoms with E-state index in [2.05, 4.69) is 5.32 Å². The van der Waals surface area contributed by atoms with Crippen LogP contribution in [0, 0.1) is 0 Å². The van der Waals surface area contributed by atoms with Crippen molar-refractivity contribution in [3.05, 3.63) is 47.0 Å². The van der Waals surface area contributed by atoms with E-state index in [1.54, 1.807) is 28.4 Å². The second-order valence-corrected chi connectivity index (χ2v) is 6.00. The first kappa shape index (κ1) is 17.4. The molecule has 3 rings (SSSR count). The van der Waals surface area contributed by atoms with Crippen LogP contribution in [-0.4, -0.2) is 35.0 Å². The zero-order valence-electron chi connectivity index (χ0n) is 15.2. The fraction of sp³-hybridized carbons (Fsp3) is 0.400. The lowest BCUT2D eigenvalue weighted by Gasteiger charge is -2.30. The summed E-state index contributed by atoms with van der Waals surface area (Å²) in [5.74, 6) is 3.48. The number of nitrogens with one attached hydrogen (secondary N) is 1. The standard InChI is InChI=1S/C20H25NO4/c1-22-14-5-6-17(23-2)13(11-14)12-16-20-15(9-10-21-16)18(24-3)7-8-19(20)25-4/h5-8,11,16,21H,9-10,12H2,1-4H3/t16-/m1/s1. The van der Waals surface area contributed by atoms with Crippen molar-refractivity contribution in [2.45, 2.75) is 18.9 Å². The number of hydrogen-bond acceptors (Lipinski definition) is 5.